The number of fused-ring (bicyclic) bond motifs is 3. The number of nitrogens with zero attached hydrogens (tertiary/aromatic N) is 3. The molecule has 0 saturated carbocycles. The van der Waals surface area contributed by atoms with Crippen LogP contribution in [0.5, 0.6) is 5.88 Å². The van der Waals surface area contributed by atoms with Crippen molar-refractivity contribution in [1.82, 2.24) is 14.8 Å². The first-order chi connectivity index (χ1) is 12.7. The number of rotatable bonds is 2. The summed E-state index contributed by atoms with van der Waals surface area (Å²) in [5.41, 5.74) is -0.497. The largest absolute Gasteiger partial charge is 0.492 e. The van der Waals surface area contributed by atoms with E-state index in [4.69, 9.17) is 0 Å². The normalized spacial score (nSPS) is 12.8. The van der Waals surface area contributed by atoms with Crippen molar-refractivity contribution >= 4 is 21.8 Å². The molecule has 138 valence electrons. The fourth-order valence-electron chi connectivity index (χ4n) is 2.82. The van der Waals surface area contributed by atoms with E-state index in [0.717, 1.165) is 27.6 Å². The molecule has 0 bridgehead atoms. The van der Waals surface area contributed by atoms with Gasteiger partial charge in [0.05, 0.1) is 5.69 Å². The average molecular weight is 379 g/mol. The van der Waals surface area contributed by atoms with Crippen LogP contribution in [0.3, 0.4) is 0 Å². The summed E-state index contributed by atoms with van der Waals surface area (Å²) in [6.07, 6.45) is -4.14. The second-order valence-corrected chi connectivity index (χ2v) is 5.90. The van der Waals surface area contributed by atoms with Crippen LogP contribution in [0.15, 0.2) is 54.7 Å². The first-order valence-electron chi connectivity index (χ1n) is 7.71. The molecule has 0 amide bonds. The molecule has 0 saturated heterocycles. The van der Waals surface area contributed by atoms with Gasteiger partial charge in [-0.05, 0) is 12.1 Å². The minimum absolute atomic E-state index is 0.122. The molecule has 9 heteroatoms. The van der Waals surface area contributed by atoms with E-state index in [-0.39, 0.29) is 17.1 Å². The highest BCUT2D eigenvalue weighted by Crippen LogP contribution is 2.44. The molecule has 0 fully saturated rings. The van der Waals surface area contributed by atoms with Crippen molar-refractivity contribution in [3.63, 3.8) is 0 Å². The fourth-order valence-corrected chi connectivity index (χ4v) is 2.82. The van der Waals surface area contributed by atoms with E-state index < -0.39 is 17.7 Å². The van der Waals surface area contributed by atoms with Gasteiger partial charge in [0.25, 0.3) is 0 Å². The van der Waals surface area contributed by atoms with Crippen LogP contribution in [-0.2, 0) is 5.92 Å². The second-order valence-electron chi connectivity index (χ2n) is 5.90. The van der Waals surface area contributed by atoms with E-state index in [1.165, 1.54) is 0 Å². The Morgan fingerprint density at radius 3 is 2.19 bits per heavy atom. The van der Waals surface area contributed by atoms with Crippen molar-refractivity contribution in [2.45, 2.75) is 12.1 Å². The maximum Gasteiger partial charge on any atom is 0.458 e. The lowest BCUT2D eigenvalue weighted by Crippen LogP contribution is -2.33. The Labute approximate surface area is 148 Å². The monoisotopic (exact) mass is 379 g/mol. The van der Waals surface area contributed by atoms with Gasteiger partial charge in [0.15, 0.2) is 5.52 Å². The molecule has 2 aromatic carbocycles. The first-order valence-corrected chi connectivity index (χ1v) is 7.71. The van der Waals surface area contributed by atoms with Gasteiger partial charge >= 0.3 is 12.1 Å². The second kappa shape index (κ2) is 5.63. The number of alkyl halides is 5. The minimum Gasteiger partial charge on any atom is -0.492 e. The maximum absolute atomic E-state index is 13.4. The fraction of sp³-hybridized carbons (Fsp3) is 0.111. The summed E-state index contributed by atoms with van der Waals surface area (Å²) >= 11 is 0. The third kappa shape index (κ3) is 2.57. The van der Waals surface area contributed by atoms with Gasteiger partial charge in [-0.1, -0.05) is 36.4 Å². The predicted molar refractivity (Wildman–Crippen MR) is 88.0 cm³/mol. The number of hydrogen-bond acceptors (Lipinski definition) is 3. The van der Waals surface area contributed by atoms with Gasteiger partial charge in [-0.3, -0.25) is 0 Å². The molecule has 2 heterocycles. The van der Waals surface area contributed by atoms with E-state index in [9.17, 15) is 27.1 Å². The molecule has 0 spiro atoms. The summed E-state index contributed by atoms with van der Waals surface area (Å²) < 4.78 is 65.3. The predicted octanol–water partition coefficient (Wildman–Crippen LogP) is 4.93. The molecule has 0 unspecified atom stereocenters. The molecule has 2 aromatic heterocycles. The van der Waals surface area contributed by atoms with E-state index in [2.05, 4.69) is 10.1 Å². The van der Waals surface area contributed by atoms with Crippen LogP contribution in [-0.4, -0.2) is 26.0 Å². The van der Waals surface area contributed by atoms with Gasteiger partial charge in [0.1, 0.15) is 5.52 Å². The molecule has 0 aliphatic carbocycles. The summed E-state index contributed by atoms with van der Waals surface area (Å²) in [7, 11) is 0. The third-order valence-corrected chi connectivity index (χ3v) is 4.22. The van der Waals surface area contributed by atoms with Gasteiger partial charge in [-0.2, -0.15) is 31.7 Å². The van der Waals surface area contributed by atoms with Crippen molar-refractivity contribution in [2.75, 3.05) is 0 Å². The van der Waals surface area contributed by atoms with E-state index >= 15 is 0 Å². The average Bonchev–Trinajstić information content (AvgIpc) is 2.98. The van der Waals surface area contributed by atoms with Crippen LogP contribution >= 0.6 is 0 Å². The molecule has 0 aliphatic rings. The highest BCUT2D eigenvalue weighted by Gasteiger charge is 2.58. The third-order valence-electron chi connectivity index (χ3n) is 4.22. The first kappa shape index (κ1) is 17.2. The number of hydrogen-bond donors (Lipinski definition) is 1. The number of aromatic nitrogens is 3. The molecule has 1 N–H and O–H groups in total. The van der Waals surface area contributed by atoms with E-state index in [1.807, 2.05) is 12.1 Å². The zero-order valence-electron chi connectivity index (χ0n) is 13.4. The van der Waals surface area contributed by atoms with Crippen LogP contribution in [0, 0.1) is 0 Å². The zero-order valence-corrected chi connectivity index (χ0v) is 13.4. The Morgan fingerprint density at radius 2 is 1.52 bits per heavy atom. The van der Waals surface area contributed by atoms with Crippen molar-refractivity contribution in [1.29, 1.82) is 0 Å². The van der Waals surface area contributed by atoms with Crippen molar-refractivity contribution in [2.24, 2.45) is 0 Å². The van der Waals surface area contributed by atoms with Crippen LogP contribution in [0.25, 0.3) is 27.5 Å². The van der Waals surface area contributed by atoms with Crippen LogP contribution in [0.1, 0.15) is 5.56 Å². The quantitative estimate of drug-likeness (QED) is 0.502. The van der Waals surface area contributed by atoms with Crippen LogP contribution < -0.4 is 0 Å². The van der Waals surface area contributed by atoms with E-state index in [1.54, 1.807) is 18.3 Å². The maximum atomic E-state index is 13.4. The minimum atomic E-state index is -5.69. The topological polar surface area (TPSA) is 50.9 Å². The summed E-state index contributed by atoms with van der Waals surface area (Å²) in [4.78, 5) is 4.14. The summed E-state index contributed by atoms with van der Waals surface area (Å²) in [5, 5.41) is 16.1. The lowest BCUT2D eigenvalue weighted by atomic mass is 10.1. The molecule has 0 aliphatic heterocycles. The summed E-state index contributed by atoms with van der Waals surface area (Å²) in [5.74, 6) is -5.31. The number of aromatic hydroxyl groups is 1. The highest BCUT2D eigenvalue weighted by atomic mass is 19.4. The highest BCUT2D eigenvalue weighted by molar-refractivity contribution is 6.04. The van der Waals surface area contributed by atoms with E-state index in [0.29, 0.717) is 17.6 Å². The van der Waals surface area contributed by atoms with Gasteiger partial charge in [0, 0.05) is 22.5 Å². The SMILES string of the molecule is Oc1c2ncc3ccccc3c2nn1-c1ccc(C(F)(F)C(F)(F)F)cc1. The summed E-state index contributed by atoms with van der Waals surface area (Å²) in [6.45, 7) is 0. The Hall–Kier alpha value is -3.23. The number of benzene rings is 2. The molecule has 0 atom stereocenters. The lowest BCUT2D eigenvalue weighted by molar-refractivity contribution is -0.289. The molecule has 4 rings (SSSR count). The van der Waals surface area contributed by atoms with Crippen molar-refractivity contribution < 1.29 is 27.1 Å². The molecule has 0 radical (unpaired) electrons. The molecular weight excluding hydrogens is 369 g/mol. The summed E-state index contributed by atoms with van der Waals surface area (Å²) in [6, 6.07) is 10.6. The zero-order chi connectivity index (χ0) is 19.4. The van der Waals surface area contributed by atoms with Gasteiger partial charge in [0.2, 0.25) is 5.88 Å². The van der Waals surface area contributed by atoms with Gasteiger partial charge in [-0.25, -0.2) is 4.98 Å². The van der Waals surface area contributed by atoms with Gasteiger partial charge in [-0.15, -0.1) is 0 Å². The van der Waals surface area contributed by atoms with Gasteiger partial charge < -0.3 is 5.11 Å². The lowest BCUT2D eigenvalue weighted by Gasteiger charge is -2.19. The standard InChI is InChI=1S/C18H10F5N3O/c19-17(20,18(21,22)23)11-5-7-12(8-6-11)26-16(27)15-14(25-26)13-4-2-1-3-10(13)9-24-15/h1-9,27H. The number of halogens is 5. The van der Waals surface area contributed by atoms with Crippen molar-refractivity contribution in [3.8, 4) is 11.6 Å². The Bertz CT molecular complexity index is 1150. The Balaban J connectivity index is 1.83. The molecule has 4 nitrogen and oxygen atoms in total. The Morgan fingerprint density at radius 1 is 0.852 bits per heavy atom. The smallest absolute Gasteiger partial charge is 0.458 e. The number of pyridine rings is 1. The molecule has 27 heavy (non-hydrogen) atoms. The molecular formula is C18H10F5N3O. The van der Waals surface area contributed by atoms with Crippen LogP contribution in [0.2, 0.25) is 0 Å². The Kier molecular flexibility index (Phi) is 3.59. The van der Waals surface area contributed by atoms with Crippen molar-refractivity contribution in [3.05, 3.63) is 60.3 Å². The molecule has 4 aromatic rings. The van der Waals surface area contributed by atoms with Crippen LogP contribution in [0.4, 0.5) is 22.0 Å².